The van der Waals surface area contributed by atoms with Crippen LogP contribution >= 0.6 is 0 Å². The molecule has 144 valence electrons. The summed E-state index contributed by atoms with van der Waals surface area (Å²) in [7, 11) is 0. The van der Waals surface area contributed by atoms with Crippen molar-refractivity contribution < 1.29 is 9.90 Å². The molecule has 2 N–H and O–H groups in total. The molecule has 3 heterocycles. The van der Waals surface area contributed by atoms with E-state index < -0.39 is 5.97 Å². The lowest BCUT2D eigenvalue weighted by Gasteiger charge is -2.31. The van der Waals surface area contributed by atoms with Crippen LogP contribution in [0.4, 0.5) is 0 Å². The Labute approximate surface area is 163 Å². The van der Waals surface area contributed by atoms with E-state index >= 15 is 0 Å². The van der Waals surface area contributed by atoms with Crippen LogP contribution in [-0.2, 0) is 6.54 Å². The third-order valence-corrected chi connectivity index (χ3v) is 5.21. The third-order valence-electron chi connectivity index (χ3n) is 5.21. The molecule has 0 amide bonds. The maximum Gasteiger partial charge on any atom is 0.335 e. The number of carboxylic acids is 1. The first-order valence-electron chi connectivity index (χ1n) is 9.47. The number of aryl methyl sites for hydroxylation is 1. The number of nitrogens with zero attached hydrogens (tertiary/aromatic N) is 4. The van der Waals surface area contributed by atoms with E-state index in [0.29, 0.717) is 11.5 Å². The predicted octanol–water partition coefficient (Wildman–Crippen LogP) is 3.25. The van der Waals surface area contributed by atoms with Gasteiger partial charge in [0, 0.05) is 30.6 Å². The van der Waals surface area contributed by atoms with Gasteiger partial charge in [-0.1, -0.05) is 12.1 Å². The Hall–Kier alpha value is -3.06. The number of nitrogens with one attached hydrogen (secondary N) is 1. The van der Waals surface area contributed by atoms with E-state index in [9.17, 15) is 4.79 Å². The number of aromatic carboxylic acids is 1. The Bertz CT molecular complexity index is 959. The Morgan fingerprint density at radius 1 is 1.18 bits per heavy atom. The number of hydrogen-bond acceptors (Lipinski definition) is 5. The fourth-order valence-electron chi connectivity index (χ4n) is 3.63. The van der Waals surface area contributed by atoms with Gasteiger partial charge in [0.1, 0.15) is 5.69 Å². The van der Waals surface area contributed by atoms with E-state index in [1.54, 1.807) is 24.5 Å². The van der Waals surface area contributed by atoms with Crippen molar-refractivity contribution in [2.75, 3.05) is 13.1 Å². The van der Waals surface area contributed by atoms with Gasteiger partial charge in [-0.2, -0.15) is 0 Å². The summed E-state index contributed by atoms with van der Waals surface area (Å²) in [4.78, 5) is 30.1. The lowest BCUT2D eigenvalue weighted by atomic mass is 9.93. The molecule has 1 saturated heterocycles. The van der Waals surface area contributed by atoms with Gasteiger partial charge in [0.25, 0.3) is 0 Å². The molecule has 28 heavy (non-hydrogen) atoms. The number of likely N-dealkylation sites (tertiary alicyclic amines) is 1. The maximum atomic E-state index is 11.0. The third kappa shape index (κ3) is 4.09. The first kappa shape index (κ1) is 18.3. The highest BCUT2D eigenvalue weighted by Crippen LogP contribution is 2.28. The average molecular weight is 377 g/mol. The molecule has 0 saturated carbocycles. The molecular formula is C21H23N5O2. The largest absolute Gasteiger partial charge is 0.478 e. The molecule has 0 unspecified atom stereocenters. The number of rotatable bonds is 5. The van der Waals surface area contributed by atoms with Crippen molar-refractivity contribution in [1.82, 2.24) is 24.8 Å². The SMILES string of the molecule is Cc1cnc(-c2cncc(C3CCN(Cc4ccc(C(=O)O)cc4)CC3)n2)[nH]1. The second-order valence-electron chi connectivity index (χ2n) is 7.30. The topological polar surface area (TPSA) is 95.0 Å². The first-order chi connectivity index (χ1) is 13.6. The Morgan fingerprint density at radius 2 is 1.93 bits per heavy atom. The molecule has 0 atom stereocenters. The Balaban J connectivity index is 1.37. The molecule has 0 radical (unpaired) electrons. The second-order valence-corrected chi connectivity index (χ2v) is 7.30. The maximum absolute atomic E-state index is 11.0. The molecule has 1 aliphatic heterocycles. The van der Waals surface area contributed by atoms with Crippen LogP contribution in [0.1, 0.15) is 46.1 Å². The smallest absolute Gasteiger partial charge is 0.335 e. The lowest BCUT2D eigenvalue weighted by Crippen LogP contribution is -2.32. The fourth-order valence-corrected chi connectivity index (χ4v) is 3.63. The minimum absolute atomic E-state index is 0.327. The van der Waals surface area contributed by atoms with Gasteiger partial charge in [0.15, 0.2) is 5.82 Å². The predicted molar refractivity (Wildman–Crippen MR) is 105 cm³/mol. The number of benzene rings is 1. The van der Waals surface area contributed by atoms with Crippen molar-refractivity contribution in [1.29, 1.82) is 0 Å². The number of carbonyl (C=O) groups is 1. The molecule has 1 aliphatic rings. The molecule has 0 aliphatic carbocycles. The minimum atomic E-state index is -0.889. The van der Waals surface area contributed by atoms with Gasteiger partial charge in [-0.3, -0.25) is 9.88 Å². The lowest BCUT2D eigenvalue weighted by molar-refractivity contribution is 0.0697. The molecule has 4 rings (SSSR count). The summed E-state index contributed by atoms with van der Waals surface area (Å²) in [6, 6.07) is 7.13. The van der Waals surface area contributed by atoms with Crippen molar-refractivity contribution in [3.63, 3.8) is 0 Å². The highest BCUT2D eigenvalue weighted by molar-refractivity contribution is 5.87. The molecule has 3 aromatic rings. The number of piperidine rings is 1. The highest BCUT2D eigenvalue weighted by atomic mass is 16.4. The van der Waals surface area contributed by atoms with E-state index in [1.807, 2.05) is 25.3 Å². The van der Waals surface area contributed by atoms with Gasteiger partial charge in [0.2, 0.25) is 0 Å². The monoisotopic (exact) mass is 377 g/mol. The number of H-pyrrole nitrogens is 1. The summed E-state index contributed by atoms with van der Waals surface area (Å²) in [5.41, 5.74) is 4.28. The van der Waals surface area contributed by atoms with Crippen molar-refractivity contribution in [2.24, 2.45) is 0 Å². The average Bonchev–Trinajstić information content (AvgIpc) is 3.15. The summed E-state index contributed by atoms with van der Waals surface area (Å²) in [6.45, 7) is 4.77. The molecule has 1 fully saturated rings. The van der Waals surface area contributed by atoms with E-state index in [0.717, 1.165) is 60.9 Å². The van der Waals surface area contributed by atoms with Gasteiger partial charge in [-0.05, 0) is 50.6 Å². The molecule has 0 bridgehead atoms. The van der Waals surface area contributed by atoms with Gasteiger partial charge in [0.05, 0.1) is 17.5 Å². The van der Waals surface area contributed by atoms with Crippen LogP contribution in [0, 0.1) is 6.92 Å². The normalized spacial score (nSPS) is 15.6. The molecule has 7 nitrogen and oxygen atoms in total. The summed E-state index contributed by atoms with van der Waals surface area (Å²) in [6.07, 6.45) is 7.47. The van der Waals surface area contributed by atoms with Crippen LogP contribution in [0.2, 0.25) is 0 Å². The van der Waals surface area contributed by atoms with E-state index in [-0.39, 0.29) is 0 Å². The fraction of sp³-hybridized carbons (Fsp3) is 0.333. The minimum Gasteiger partial charge on any atom is -0.478 e. The quantitative estimate of drug-likeness (QED) is 0.709. The molecule has 0 spiro atoms. The summed E-state index contributed by atoms with van der Waals surface area (Å²) >= 11 is 0. The van der Waals surface area contributed by atoms with E-state index in [4.69, 9.17) is 10.1 Å². The number of imidazole rings is 1. The van der Waals surface area contributed by atoms with Gasteiger partial charge in [-0.25, -0.2) is 14.8 Å². The van der Waals surface area contributed by atoms with Crippen molar-refractivity contribution in [2.45, 2.75) is 32.2 Å². The van der Waals surface area contributed by atoms with Gasteiger partial charge >= 0.3 is 5.97 Å². The molecule has 7 heteroatoms. The number of aromatic amines is 1. The zero-order chi connectivity index (χ0) is 19.5. The second kappa shape index (κ2) is 7.90. The standard InChI is InChI=1S/C21H23N5O2/c1-14-10-23-20(24-14)19-12-22-11-18(25-19)16-6-8-26(9-7-16)13-15-2-4-17(5-3-15)21(27)28/h2-5,10-12,16H,6-9,13H2,1H3,(H,23,24)(H,27,28). The van der Waals surface area contributed by atoms with E-state index in [1.165, 1.54) is 0 Å². The van der Waals surface area contributed by atoms with Crippen LogP contribution in [0.3, 0.4) is 0 Å². The molecule has 1 aromatic carbocycles. The summed E-state index contributed by atoms with van der Waals surface area (Å²) in [5, 5.41) is 9.00. The summed E-state index contributed by atoms with van der Waals surface area (Å²) < 4.78 is 0. The van der Waals surface area contributed by atoms with Crippen molar-refractivity contribution in [3.8, 4) is 11.5 Å². The zero-order valence-corrected chi connectivity index (χ0v) is 15.8. The zero-order valence-electron chi connectivity index (χ0n) is 15.8. The first-order valence-corrected chi connectivity index (χ1v) is 9.47. The molecule has 2 aromatic heterocycles. The number of carboxylic acid groups (broad SMARTS) is 1. The van der Waals surface area contributed by atoms with Crippen LogP contribution < -0.4 is 0 Å². The Kier molecular flexibility index (Phi) is 5.16. The van der Waals surface area contributed by atoms with Crippen LogP contribution in [0.15, 0.2) is 42.9 Å². The van der Waals surface area contributed by atoms with E-state index in [2.05, 4.69) is 19.9 Å². The Morgan fingerprint density at radius 3 is 2.57 bits per heavy atom. The van der Waals surface area contributed by atoms with Crippen LogP contribution in [0.25, 0.3) is 11.5 Å². The molecular weight excluding hydrogens is 354 g/mol. The van der Waals surface area contributed by atoms with Crippen molar-refractivity contribution >= 4 is 5.97 Å². The highest BCUT2D eigenvalue weighted by Gasteiger charge is 2.22. The summed E-state index contributed by atoms with van der Waals surface area (Å²) in [5.74, 6) is 0.267. The van der Waals surface area contributed by atoms with Gasteiger partial charge in [-0.15, -0.1) is 0 Å². The van der Waals surface area contributed by atoms with Gasteiger partial charge < -0.3 is 10.1 Å². The number of aromatic nitrogens is 4. The van der Waals surface area contributed by atoms with Crippen LogP contribution in [-0.4, -0.2) is 49.0 Å². The number of hydrogen-bond donors (Lipinski definition) is 2. The van der Waals surface area contributed by atoms with Crippen LogP contribution in [0.5, 0.6) is 0 Å². The van der Waals surface area contributed by atoms with Crippen molar-refractivity contribution in [3.05, 3.63) is 65.4 Å².